The van der Waals surface area contributed by atoms with Crippen molar-refractivity contribution in [3.05, 3.63) is 0 Å². The molecule has 0 spiro atoms. The summed E-state index contributed by atoms with van der Waals surface area (Å²) in [5.41, 5.74) is 0.314. The van der Waals surface area contributed by atoms with Crippen molar-refractivity contribution in [2.24, 2.45) is 16.7 Å². The minimum Gasteiger partial charge on any atom is -0.466 e. The van der Waals surface area contributed by atoms with E-state index < -0.39 is 0 Å². The largest absolute Gasteiger partial charge is 0.466 e. The monoisotopic (exact) mass is 226 g/mol. The van der Waals surface area contributed by atoms with Crippen LogP contribution in [0.3, 0.4) is 0 Å². The molecule has 0 heterocycles. The minimum absolute atomic E-state index is 0.00255. The number of ether oxygens (including phenoxy) is 1. The predicted octanol–water partition coefficient (Wildman–Crippen LogP) is 3.79. The van der Waals surface area contributed by atoms with Gasteiger partial charge in [-0.1, -0.05) is 40.5 Å². The molecule has 1 rings (SSSR count). The molecule has 0 aromatic carbocycles. The van der Waals surface area contributed by atoms with E-state index in [0.717, 1.165) is 6.42 Å². The van der Waals surface area contributed by atoms with E-state index in [1.807, 2.05) is 13.8 Å². The molecule has 1 aliphatic carbocycles. The molecule has 0 aromatic rings. The van der Waals surface area contributed by atoms with Gasteiger partial charge in [-0.3, -0.25) is 4.79 Å². The molecular formula is C14H26O2. The first-order valence-electron chi connectivity index (χ1n) is 6.52. The zero-order valence-electron chi connectivity index (χ0n) is 11.4. The first-order valence-corrected chi connectivity index (χ1v) is 6.52. The Bertz CT molecular complexity index is 257. The normalized spacial score (nSPS) is 30.8. The van der Waals surface area contributed by atoms with E-state index in [1.165, 1.54) is 19.3 Å². The highest BCUT2D eigenvalue weighted by molar-refractivity contribution is 5.73. The molecule has 16 heavy (non-hydrogen) atoms. The quantitative estimate of drug-likeness (QED) is 0.684. The van der Waals surface area contributed by atoms with Crippen LogP contribution in [0, 0.1) is 16.7 Å². The average Bonchev–Trinajstić information content (AvgIpc) is 2.21. The Kier molecular flexibility index (Phi) is 4.03. The summed E-state index contributed by atoms with van der Waals surface area (Å²) in [7, 11) is 0. The molecule has 0 amide bonds. The molecule has 1 fully saturated rings. The van der Waals surface area contributed by atoms with Gasteiger partial charge in [0.15, 0.2) is 0 Å². The summed E-state index contributed by atoms with van der Waals surface area (Å²) >= 11 is 0. The van der Waals surface area contributed by atoms with E-state index in [-0.39, 0.29) is 22.7 Å². The Morgan fingerprint density at radius 3 is 2.31 bits per heavy atom. The van der Waals surface area contributed by atoms with E-state index in [2.05, 4.69) is 20.8 Å². The van der Waals surface area contributed by atoms with Gasteiger partial charge in [-0.15, -0.1) is 0 Å². The number of carbonyl (C=O) groups excluding carboxylic acids is 1. The number of rotatable bonds is 3. The lowest BCUT2D eigenvalue weighted by Gasteiger charge is -2.50. The van der Waals surface area contributed by atoms with Crippen LogP contribution >= 0.6 is 0 Å². The Labute approximate surface area is 99.8 Å². The van der Waals surface area contributed by atoms with Crippen molar-refractivity contribution in [2.45, 2.75) is 60.3 Å². The van der Waals surface area contributed by atoms with Crippen LogP contribution in [0.4, 0.5) is 0 Å². The standard InChI is InChI=1S/C14H26O2/c1-6-16-12(15)11(2)14(5)10-8-7-9-13(14,3)4/h11H,6-10H2,1-5H3. The highest BCUT2D eigenvalue weighted by Gasteiger charge is 2.49. The van der Waals surface area contributed by atoms with Crippen molar-refractivity contribution in [3.63, 3.8) is 0 Å². The molecule has 2 heteroatoms. The summed E-state index contributed by atoms with van der Waals surface area (Å²) in [6.45, 7) is 11.2. The van der Waals surface area contributed by atoms with Gasteiger partial charge >= 0.3 is 5.97 Å². The van der Waals surface area contributed by atoms with Crippen molar-refractivity contribution in [1.82, 2.24) is 0 Å². The lowest BCUT2D eigenvalue weighted by Crippen LogP contribution is -2.46. The Morgan fingerprint density at radius 1 is 1.25 bits per heavy atom. The van der Waals surface area contributed by atoms with Gasteiger partial charge in [-0.25, -0.2) is 0 Å². The highest BCUT2D eigenvalue weighted by atomic mass is 16.5. The topological polar surface area (TPSA) is 26.3 Å². The molecule has 1 aliphatic rings. The summed E-state index contributed by atoms with van der Waals surface area (Å²) in [6, 6.07) is 0. The smallest absolute Gasteiger partial charge is 0.309 e. The third-order valence-electron chi connectivity index (χ3n) is 4.89. The Balaban J connectivity index is 2.85. The summed E-state index contributed by atoms with van der Waals surface area (Å²) in [4.78, 5) is 11.9. The van der Waals surface area contributed by atoms with Crippen LogP contribution in [0.2, 0.25) is 0 Å². The maximum Gasteiger partial charge on any atom is 0.309 e. The van der Waals surface area contributed by atoms with Crippen molar-refractivity contribution < 1.29 is 9.53 Å². The molecule has 2 unspecified atom stereocenters. The van der Waals surface area contributed by atoms with Crippen LogP contribution in [0.1, 0.15) is 60.3 Å². The predicted molar refractivity (Wildman–Crippen MR) is 66.2 cm³/mol. The van der Waals surface area contributed by atoms with Crippen LogP contribution in [0.5, 0.6) is 0 Å². The van der Waals surface area contributed by atoms with Crippen LogP contribution in [-0.4, -0.2) is 12.6 Å². The number of hydrogen-bond acceptors (Lipinski definition) is 2. The molecule has 0 radical (unpaired) electrons. The summed E-state index contributed by atoms with van der Waals surface area (Å²) in [5.74, 6) is -0.0253. The molecule has 94 valence electrons. The Morgan fingerprint density at radius 2 is 1.81 bits per heavy atom. The van der Waals surface area contributed by atoms with Gasteiger partial charge < -0.3 is 4.74 Å². The van der Waals surface area contributed by atoms with Gasteiger partial charge in [0, 0.05) is 0 Å². The van der Waals surface area contributed by atoms with Crippen LogP contribution in [0.25, 0.3) is 0 Å². The zero-order chi connectivity index (χ0) is 12.4. The maximum absolute atomic E-state index is 11.9. The summed E-state index contributed by atoms with van der Waals surface area (Å²) in [6.07, 6.45) is 4.88. The fourth-order valence-corrected chi connectivity index (χ4v) is 3.01. The van der Waals surface area contributed by atoms with E-state index in [0.29, 0.717) is 6.61 Å². The fourth-order valence-electron chi connectivity index (χ4n) is 3.01. The second kappa shape index (κ2) is 4.77. The van der Waals surface area contributed by atoms with Gasteiger partial charge in [-0.05, 0) is 30.6 Å². The molecule has 0 aliphatic heterocycles. The number of esters is 1. The van der Waals surface area contributed by atoms with Gasteiger partial charge in [0.2, 0.25) is 0 Å². The minimum atomic E-state index is -0.0278. The third kappa shape index (κ3) is 2.26. The number of hydrogen-bond donors (Lipinski definition) is 0. The van der Waals surface area contributed by atoms with E-state index in [9.17, 15) is 4.79 Å². The molecule has 0 aromatic heterocycles. The maximum atomic E-state index is 11.9. The lowest BCUT2D eigenvalue weighted by atomic mass is 9.54. The molecule has 0 saturated heterocycles. The molecule has 2 atom stereocenters. The highest BCUT2D eigenvalue weighted by Crippen LogP contribution is 2.54. The first kappa shape index (κ1) is 13.5. The fraction of sp³-hybridized carbons (Fsp3) is 0.929. The van der Waals surface area contributed by atoms with Crippen LogP contribution < -0.4 is 0 Å². The van der Waals surface area contributed by atoms with Crippen molar-refractivity contribution >= 4 is 5.97 Å². The second-order valence-electron chi connectivity index (χ2n) is 5.98. The first-order chi connectivity index (χ1) is 7.35. The van der Waals surface area contributed by atoms with E-state index in [4.69, 9.17) is 4.74 Å². The van der Waals surface area contributed by atoms with Gasteiger partial charge in [0.25, 0.3) is 0 Å². The van der Waals surface area contributed by atoms with Gasteiger partial charge in [0.05, 0.1) is 12.5 Å². The Hall–Kier alpha value is -0.530. The SMILES string of the molecule is CCOC(=O)C(C)C1(C)CCCCC1(C)C. The van der Waals surface area contributed by atoms with Crippen LogP contribution in [-0.2, 0) is 9.53 Å². The van der Waals surface area contributed by atoms with Gasteiger partial charge in [0.1, 0.15) is 0 Å². The van der Waals surface area contributed by atoms with Crippen molar-refractivity contribution in [2.75, 3.05) is 6.61 Å². The summed E-state index contributed by atoms with van der Waals surface area (Å²) < 4.78 is 5.18. The molecule has 0 N–H and O–H groups in total. The number of carbonyl (C=O) groups is 1. The van der Waals surface area contributed by atoms with E-state index >= 15 is 0 Å². The average molecular weight is 226 g/mol. The lowest BCUT2D eigenvalue weighted by molar-refractivity contribution is -0.158. The van der Waals surface area contributed by atoms with Gasteiger partial charge in [-0.2, -0.15) is 0 Å². The van der Waals surface area contributed by atoms with Crippen molar-refractivity contribution in [3.8, 4) is 0 Å². The molecule has 2 nitrogen and oxygen atoms in total. The molecular weight excluding hydrogens is 200 g/mol. The van der Waals surface area contributed by atoms with Crippen molar-refractivity contribution in [1.29, 1.82) is 0 Å². The summed E-state index contributed by atoms with van der Waals surface area (Å²) in [5, 5.41) is 0. The molecule has 0 bridgehead atoms. The zero-order valence-corrected chi connectivity index (χ0v) is 11.4. The van der Waals surface area contributed by atoms with E-state index in [1.54, 1.807) is 0 Å². The second-order valence-corrected chi connectivity index (χ2v) is 5.98. The molecule has 1 saturated carbocycles. The third-order valence-corrected chi connectivity index (χ3v) is 4.89. The van der Waals surface area contributed by atoms with Crippen LogP contribution in [0.15, 0.2) is 0 Å².